The molecule has 0 radical (unpaired) electrons. The van der Waals surface area contributed by atoms with Gasteiger partial charge in [0.15, 0.2) is 0 Å². The molecular formula is C15H23FN2O. The fourth-order valence-corrected chi connectivity index (χ4v) is 2.61. The number of hydrogen-bond donors (Lipinski definition) is 2. The van der Waals surface area contributed by atoms with Crippen LogP contribution in [-0.2, 0) is 6.54 Å². The number of nitrogens with zero attached hydrogens (tertiary/aromatic N) is 1. The van der Waals surface area contributed by atoms with Crippen molar-refractivity contribution in [2.45, 2.75) is 19.4 Å². The van der Waals surface area contributed by atoms with Crippen LogP contribution in [0.15, 0.2) is 24.3 Å². The zero-order valence-electron chi connectivity index (χ0n) is 11.3. The van der Waals surface area contributed by atoms with E-state index in [-0.39, 0.29) is 12.4 Å². The average Bonchev–Trinajstić information content (AvgIpc) is 2.43. The van der Waals surface area contributed by atoms with Gasteiger partial charge in [-0.3, -0.25) is 0 Å². The van der Waals surface area contributed by atoms with Gasteiger partial charge in [-0.25, -0.2) is 4.39 Å². The topological polar surface area (TPSA) is 35.5 Å². The first kappa shape index (κ1) is 14.4. The van der Waals surface area contributed by atoms with Crippen LogP contribution in [0.5, 0.6) is 0 Å². The van der Waals surface area contributed by atoms with E-state index in [4.69, 9.17) is 5.11 Å². The zero-order chi connectivity index (χ0) is 13.5. The van der Waals surface area contributed by atoms with Gasteiger partial charge in [0.1, 0.15) is 5.82 Å². The molecule has 4 heteroatoms. The van der Waals surface area contributed by atoms with Crippen LogP contribution in [0.4, 0.5) is 4.39 Å². The highest BCUT2D eigenvalue weighted by Crippen LogP contribution is 2.16. The van der Waals surface area contributed by atoms with Gasteiger partial charge in [-0.1, -0.05) is 18.2 Å². The smallest absolute Gasteiger partial charge is 0.127 e. The van der Waals surface area contributed by atoms with Gasteiger partial charge < -0.3 is 15.3 Å². The second-order valence-electron chi connectivity index (χ2n) is 5.23. The monoisotopic (exact) mass is 266 g/mol. The Morgan fingerprint density at radius 3 is 2.68 bits per heavy atom. The fourth-order valence-electron chi connectivity index (χ4n) is 2.61. The second-order valence-corrected chi connectivity index (χ2v) is 5.23. The molecule has 19 heavy (non-hydrogen) atoms. The SMILES string of the molecule is OCCN1CCC(CNCc2ccccc2F)CC1. The summed E-state index contributed by atoms with van der Waals surface area (Å²) in [5, 5.41) is 12.2. The molecule has 1 fully saturated rings. The molecule has 1 aromatic carbocycles. The third-order valence-electron chi connectivity index (χ3n) is 3.83. The summed E-state index contributed by atoms with van der Waals surface area (Å²) in [5.41, 5.74) is 0.736. The van der Waals surface area contributed by atoms with Crippen molar-refractivity contribution in [2.24, 2.45) is 5.92 Å². The van der Waals surface area contributed by atoms with Gasteiger partial charge in [-0.05, 0) is 44.5 Å². The summed E-state index contributed by atoms with van der Waals surface area (Å²) in [6, 6.07) is 6.92. The number of rotatable bonds is 6. The summed E-state index contributed by atoms with van der Waals surface area (Å²) < 4.78 is 13.4. The van der Waals surface area contributed by atoms with Gasteiger partial charge in [0.05, 0.1) is 6.61 Å². The lowest BCUT2D eigenvalue weighted by Crippen LogP contribution is -2.38. The number of β-amino-alcohol motifs (C(OH)–C–C–N with tert-alkyl or cyclic N) is 1. The number of nitrogens with one attached hydrogen (secondary N) is 1. The van der Waals surface area contributed by atoms with E-state index in [1.165, 1.54) is 6.07 Å². The fraction of sp³-hybridized carbons (Fsp3) is 0.600. The zero-order valence-corrected chi connectivity index (χ0v) is 11.3. The molecule has 1 heterocycles. The predicted molar refractivity (Wildman–Crippen MR) is 74.4 cm³/mol. The van der Waals surface area contributed by atoms with E-state index in [1.807, 2.05) is 12.1 Å². The molecule has 0 aromatic heterocycles. The largest absolute Gasteiger partial charge is 0.395 e. The molecule has 0 atom stereocenters. The highest BCUT2D eigenvalue weighted by molar-refractivity contribution is 5.16. The molecule has 0 amide bonds. The summed E-state index contributed by atoms with van der Waals surface area (Å²) in [7, 11) is 0. The Hall–Kier alpha value is -0.970. The van der Waals surface area contributed by atoms with E-state index >= 15 is 0 Å². The first-order valence-electron chi connectivity index (χ1n) is 7.07. The molecular weight excluding hydrogens is 243 g/mol. The number of benzene rings is 1. The van der Waals surface area contributed by atoms with Crippen LogP contribution in [-0.4, -0.2) is 42.8 Å². The maximum Gasteiger partial charge on any atom is 0.127 e. The lowest BCUT2D eigenvalue weighted by Gasteiger charge is -2.31. The predicted octanol–water partition coefficient (Wildman–Crippen LogP) is 1.62. The van der Waals surface area contributed by atoms with Gasteiger partial charge in [-0.15, -0.1) is 0 Å². The van der Waals surface area contributed by atoms with Crippen molar-refractivity contribution < 1.29 is 9.50 Å². The molecule has 1 aromatic rings. The average molecular weight is 266 g/mol. The van der Waals surface area contributed by atoms with Crippen LogP contribution in [0, 0.1) is 11.7 Å². The second kappa shape index (κ2) is 7.58. The normalized spacial score (nSPS) is 17.8. The Kier molecular flexibility index (Phi) is 5.76. The van der Waals surface area contributed by atoms with Crippen LogP contribution >= 0.6 is 0 Å². The lowest BCUT2D eigenvalue weighted by atomic mass is 9.97. The Morgan fingerprint density at radius 2 is 2.00 bits per heavy atom. The Bertz CT molecular complexity index is 378. The van der Waals surface area contributed by atoms with Crippen LogP contribution in [0.25, 0.3) is 0 Å². The van der Waals surface area contributed by atoms with Crippen molar-refractivity contribution in [3.63, 3.8) is 0 Å². The lowest BCUT2D eigenvalue weighted by molar-refractivity contribution is 0.146. The highest BCUT2D eigenvalue weighted by atomic mass is 19.1. The highest BCUT2D eigenvalue weighted by Gasteiger charge is 2.18. The maximum atomic E-state index is 13.4. The van der Waals surface area contributed by atoms with Crippen LogP contribution < -0.4 is 5.32 Å². The van der Waals surface area contributed by atoms with Crippen molar-refractivity contribution in [2.75, 3.05) is 32.8 Å². The minimum atomic E-state index is -0.132. The third-order valence-corrected chi connectivity index (χ3v) is 3.83. The molecule has 3 nitrogen and oxygen atoms in total. The summed E-state index contributed by atoms with van der Waals surface area (Å²) >= 11 is 0. The number of aliphatic hydroxyl groups excluding tert-OH is 1. The molecule has 2 rings (SSSR count). The van der Waals surface area contributed by atoms with Crippen molar-refractivity contribution >= 4 is 0 Å². The first-order valence-corrected chi connectivity index (χ1v) is 7.07. The molecule has 1 aliphatic rings. The molecule has 0 saturated carbocycles. The number of halogens is 1. The quantitative estimate of drug-likeness (QED) is 0.821. The first-order chi connectivity index (χ1) is 9.29. The van der Waals surface area contributed by atoms with Gasteiger partial charge >= 0.3 is 0 Å². The van der Waals surface area contributed by atoms with Crippen molar-refractivity contribution in [3.8, 4) is 0 Å². The van der Waals surface area contributed by atoms with Crippen molar-refractivity contribution in [1.82, 2.24) is 10.2 Å². The Labute approximate surface area is 114 Å². The van der Waals surface area contributed by atoms with Gasteiger partial charge in [0.25, 0.3) is 0 Å². The van der Waals surface area contributed by atoms with Crippen molar-refractivity contribution in [1.29, 1.82) is 0 Å². The Morgan fingerprint density at radius 1 is 1.26 bits per heavy atom. The van der Waals surface area contributed by atoms with Crippen LogP contribution in [0.1, 0.15) is 18.4 Å². The third kappa shape index (κ3) is 4.56. The molecule has 1 saturated heterocycles. The summed E-state index contributed by atoms with van der Waals surface area (Å²) in [4.78, 5) is 2.30. The number of piperidine rings is 1. The van der Waals surface area contributed by atoms with Crippen LogP contribution in [0.3, 0.4) is 0 Å². The molecule has 0 aliphatic carbocycles. The maximum absolute atomic E-state index is 13.4. The van der Waals surface area contributed by atoms with E-state index in [0.717, 1.165) is 44.6 Å². The van der Waals surface area contributed by atoms with E-state index in [9.17, 15) is 4.39 Å². The summed E-state index contributed by atoms with van der Waals surface area (Å²) in [6.45, 7) is 4.70. The number of likely N-dealkylation sites (tertiary alicyclic amines) is 1. The minimum Gasteiger partial charge on any atom is -0.395 e. The van der Waals surface area contributed by atoms with E-state index in [2.05, 4.69) is 10.2 Å². The van der Waals surface area contributed by atoms with Gasteiger partial charge in [0, 0.05) is 18.7 Å². The minimum absolute atomic E-state index is 0.132. The number of hydrogen-bond acceptors (Lipinski definition) is 3. The van der Waals surface area contributed by atoms with Crippen molar-refractivity contribution in [3.05, 3.63) is 35.6 Å². The van der Waals surface area contributed by atoms with E-state index in [1.54, 1.807) is 6.07 Å². The summed E-state index contributed by atoms with van der Waals surface area (Å²) in [6.07, 6.45) is 2.31. The van der Waals surface area contributed by atoms with E-state index in [0.29, 0.717) is 12.5 Å². The molecule has 2 N–H and O–H groups in total. The van der Waals surface area contributed by atoms with Gasteiger partial charge in [0.2, 0.25) is 0 Å². The summed E-state index contributed by atoms with van der Waals surface area (Å²) in [5.74, 6) is 0.537. The molecule has 1 aliphatic heterocycles. The number of aliphatic hydroxyl groups is 1. The molecule has 106 valence electrons. The van der Waals surface area contributed by atoms with Crippen LogP contribution in [0.2, 0.25) is 0 Å². The standard InChI is InChI=1S/C15H23FN2O/c16-15-4-2-1-3-14(15)12-17-11-13-5-7-18(8-6-13)9-10-19/h1-4,13,17,19H,5-12H2. The molecule has 0 bridgehead atoms. The van der Waals surface area contributed by atoms with Gasteiger partial charge in [-0.2, -0.15) is 0 Å². The Balaban J connectivity index is 1.66. The molecule has 0 unspecified atom stereocenters. The molecule has 0 spiro atoms. The van der Waals surface area contributed by atoms with E-state index < -0.39 is 0 Å².